The van der Waals surface area contributed by atoms with Gasteiger partial charge in [-0.05, 0) is 29.7 Å². The average molecular weight is 199 g/mol. The molecule has 0 heterocycles. The molecule has 0 aromatic heterocycles. The first kappa shape index (κ1) is 9.81. The van der Waals surface area contributed by atoms with Crippen molar-refractivity contribution >= 4 is 23.2 Å². The van der Waals surface area contributed by atoms with E-state index < -0.39 is 0 Å². The first-order valence-corrected chi connectivity index (χ1v) is 3.64. The van der Waals surface area contributed by atoms with E-state index in [0.717, 1.165) is 5.39 Å². The van der Waals surface area contributed by atoms with E-state index in [2.05, 4.69) is 0 Å². The third-order valence-electron chi connectivity index (χ3n) is 1.81. The average Bonchev–Trinajstić information content (AvgIpc) is 2.04. The molecule has 0 fully saturated rings. The van der Waals surface area contributed by atoms with E-state index in [9.17, 15) is 4.39 Å². The van der Waals surface area contributed by atoms with Gasteiger partial charge in [0.1, 0.15) is 11.6 Å². The van der Waals surface area contributed by atoms with Crippen LogP contribution in [0.3, 0.4) is 0 Å². The van der Waals surface area contributed by atoms with Crippen molar-refractivity contribution < 1.29 is 9.50 Å². The standard InChI is InChI=1S/C10H7FO.ClH/c11-10-3-1-2-7-6-8(12)4-5-9(7)10;/h1-6,12H;1H. The van der Waals surface area contributed by atoms with Crippen LogP contribution in [-0.2, 0) is 0 Å². The smallest absolute Gasteiger partial charge is 0.131 e. The second-order valence-corrected chi connectivity index (χ2v) is 2.65. The van der Waals surface area contributed by atoms with Crippen LogP contribution in [-0.4, -0.2) is 5.11 Å². The maximum Gasteiger partial charge on any atom is 0.131 e. The number of phenols is 1. The van der Waals surface area contributed by atoms with Gasteiger partial charge in [-0.1, -0.05) is 12.1 Å². The fourth-order valence-corrected chi connectivity index (χ4v) is 1.23. The maximum atomic E-state index is 13.0. The molecule has 1 N–H and O–H groups in total. The predicted molar refractivity (Wildman–Crippen MR) is 52.8 cm³/mol. The van der Waals surface area contributed by atoms with Gasteiger partial charge in [0, 0.05) is 5.39 Å². The molecular weight excluding hydrogens is 191 g/mol. The number of rotatable bonds is 0. The highest BCUT2D eigenvalue weighted by Crippen LogP contribution is 2.21. The third kappa shape index (κ3) is 1.73. The number of hydrogen-bond donors (Lipinski definition) is 1. The summed E-state index contributed by atoms with van der Waals surface area (Å²) >= 11 is 0. The van der Waals surface area contributed by atoms with Gasteiger partial charge in [0.2, 0.25) is 0 Å². The number of aromatic hydroxyl groups is 1. The lowest BCUT2D eigenvalue weighted by molar-refractivity contribution is 0.476. The summed E-state index contributed by atoms with van der Waals surface area (Å²) in [6.07, 6.45) is 0. The molecule has 2 rings (SSSR count). The zero-order valence-electron chi connectivity index (χ0n) is 6.70. The molecule has 2 aromatic rings. The SMILES string of the molecule is Cl.Oc1ccc2c(F)cccc2c1. The van der Waals surface area contributed by atoms with Crippen LogP contribution in [0.1, 0.15) is 0 Å². The van der Waals surface area contributed by atoms with Crippen molar-refractivity contribution in [3.05, 3.63) is 42.2 Å². The molecule has 0 bridgehead atoms. The highest BCUT2D eigenvalue weighted by atomic mass is 35.5. The molecule has 0 aliphatic carbocycles. The lowest BCUT2D eigenvalue weighted by Gasteiger charge is -1.98. The summed E-state index contributed by atoms with van der Waals surface area (Å²) in [7, 11) is 0. The zero-order chi connectivity index (χ0) is 8.55. The Balaban J connectivity index is 0.000000845. The maximum absolute atomic E-state index is 13.0. The number of halogens is 2. The van der Waals surface area contributed by atoms with Crippen molar-refractivity contribution in [1.82, 2.24) is 0 Å². The quantitative estimate of drug-likeness (QED) is 0.690. The summed E-state index contributed by atoms with van der Waals surface area (Å²) in [5, 5.41) is 10.4. The second kappa shape index (κ2) is 3.62. The van der Waals surface area contributed by atoms with Gasteiger partial charge >= 0.3 is 0 Å². The Kier molecular flexibility index (Phi) is 2.73. The molecule has 2 aromatic carbocycles. The zero-order valence-corrected chi connectivity index (χ0v) is 7.51. The van der Waals surface area contributed by atoms with Gasteiger partial charge in [0.05, 0.1) is 0 Å². The van der Waals surface area contributed by atoms with E-state index in [1.54, 1.807) is 24.3 Å². The fourth-order valence-electron chi connectivity index (χ4n) is 1.23. The third-order valence-corrected chi connectivity index (χ3v) is 1.81. The van der Waals surface area contributed by atoms with Crippen molar-refractivity contribution in [2.75, 3.05) is 0 Å². The van der Waals surface area contributed by atoms with Crippen molar-refractivity contribution in [1.29, 1.82) is 0 Å². The lowest BCUT2D eigenvalue weighted by atomic mass is 10.1. The van der Waals surface area contributed by atoms with Gasteiger partial charge in [-0.2, -0.15) is 0 Å². The fraction of sp³-hybridized carbons (Fsp3) is 0. The van der Waals surface area contributed by atoms with E-state index in [1.807, 2.05) is 0 Å². The van der Waals surface area contributed by atoms with Crippen molar-refractivity contribution in [2.24, 2.45) is 0 Å². The van der Waals surface area contributed by atoms with Crippen LogP contribution in [0.25, 0.3) is 10.8 Å². The molecular formula is C10H8ClFO. The number of phenolic OH excluding ortho intramolecular Hbond substituents is 1. The van der Waals surface area contributed by atoms with Gasteiger partial charge in [-0.15, -0.1) is 12.4 Å². The molecule has 0 saturated carbocycles. The molecule has 0 spiro atoms. The van der Waals surface area contributed by atoms with Gasteiger partial charge in [0.25, 0.3) is 0 Å². The van der Waals surface area contributed by atoms with E-state index in [4.69, 9.17) is 5.11 Å². The minimum absolute atomic E-state index is 0. The Hall–Kier alpha value is -1.28. The normalized spacial score (nSPS) is 9.62. The summed E-state index contributed by atoms with van der Waals surface area (Å²) < 4.78 is 13.0. The van der Waals surface area contributed by atoms with Crippen LogP contribution in [0.4, 0.5) is 4.39 Å². The Morgan fingerprint density at radius 2 is 1.85 bits per heavy atom. The molecule has 0 aliphatic heterocycles. The predicted octanol–water partition coefficient (Wildman–Crippen LogP) is 3.11. The molecule has 0 unspecified atom stereocenters. The molecule has 0 amide bonds. The molecule has 13 heavy (non-hydrogen) atoms. The largest absolute Gasteiger partial charge is 0.508 e. The van der Waals surface area contributed by atoms with Crippen LogP contribution in [0.5, 0.6) is 5.75 Å². The Morgan fingerprint density at radius 3 is 2.62 bits per heavy atom. The van der Waals surface area contributed by atoms with E-state index >= 15 is 0 Å². The molecule has 1 nitrogen and oxygen atoms in total. The highest BCUT2D eigenvalue weighted by Gasteiger charge is 1.98. The molecule has 0 saturated heterocycles. The van der Waals surface area contributed by atoms with Crippen LogP contribution in [0.2, 0.25) is 0 Å². The monoisotopic (exact) mass is 198 g/mol. The molecule has 3 heteroatoms. The lowest BCUT2D eigenvalue weighted by Crippen LogP contribution is -1.77. The summed E-state index contributed by atoms with van der Waals surface area (Å²) in [4.78, 5) is 0. The topological polar surface area (TPSA) is 20.2 Å². The van der Waals surface area contributed by atoms with Crippen LogP contribution in [0, 0.1) is 5.82 Å². The van der Waals surface area contributed by atoms with Gasteiger partial charge in [-0.3, -0.25) is 0 Å². The summed E-state index contributed by atoms with van der Waals surface area (Å²) in [5.74, 6) is -0.0967. The summed E-state index contributed by atoms with van der Waals surface area (Å²) in [6.45, 7) is 0. The van der Waals surface area contributed by atoms with Crippen molar-refractivity contribution in [2.45, 2.75) is 0 Å². The van der Waals surface area contributed by atoms with Gasteiger partial charge in [-0.25, -0.2) is 4.39 Å². The van der Waals surface area contributed by atoms with E-state index in [0.29, 0.717) is 5.39 Å². The highest BCUT2D eigenvalue weighted by molar-refractivity contribution is 5.85. The van der Waals surface area contributed by atoms with E-state index in [-0.39, 0.29) is 24.0 Å². The van der Waals surface area contributed by atoms with Crippen molar-refractivity contribution in [3.63, 3.8) is 0 Å². The van der Waals surface area contributed by atoms with E-state index in [1.165, 1.54) is 12.1 Å². The first-order valence-electron chi connectivity index (χ1n) is 3.64. The van der Waals surface area contributed by atoms with Crippen LogP contribution in [0.15, 0.2) is 36.4 Å². The minimum atomic E-state index is -0.257. The Bertz CT molecular complexity index is 428. The Morgan fingerprint density at radius 1 is 1.08 bits per heavy atom. The number of fused-ring (bicyclic) bond motifs is 1. The summed E-state index contributed by atoms with van der Waals surface area (Å²) in [6, 6.07) is 9.37. The second-order valence-electron chi connectivity index (χ2n) is 2.65. The molecule has 0 aliphatic rings. The minimum Gasteiger partial charge on any atom is -0.508 e. The Labute approximate surface area is 81.2 Å². The molecule has 68 valence electrons. The van der Waals surface area contributed by atoms with Gasteiger partial charge < -0.3 is 5.11 Å². The first-order chi connectivity index (χ1) is 5.77. The van der Waals surface area contributed by atoms with Crippen molar-refractivity contribution in [3.8, 4) is 5.75 Å². The van der Waals surface area contributed by atoms with Crippen LogP contribution >= 0.6 is 12.4 Å². The number of hydrogen-bond acceptors (Lipinski definition) is 1. The van der Waals surface area contributed by atoms with Crippen LogP contribution < -0.4 is 0 Å². The molecule has 0 radical (unpaired) electrons. The number of benzene rings is 2. The van der Waals surface area contributed by atoms with Gasteiger partial charge in [0.15, 0.2) is 0 Å². The summed E-state index contributed by atoms with van der Waals surface area (Å²) in [5.41, 5.74) is 0. The molecule has 0 atom stereocenters.